The molecule has 1 unspecified atom stereocenters. The van der Waals surface area contributed by atoms with E-state index in [9.17, 15) is 4.79 Å². The summed E-state index contributed by atoms with van der Waals surface area (Å²) in [5.74, 6) is 0. The van der Waals surface area contributed by atoms with Gasteiger partial charge in [-0.15, -0.1) is 0 Å². The molecule has 1 amide bonds. The number of benzene rings is 1. The van der Waals surface area contributed by atoms with Gasteiger partial charge in [-0.05, 0) is 12.5 Å². The maximum absolute atomic E-state index is 12.0. The molecule has 5 heteroatoms. The minimum absolute atomic E-state index is 0.156. The fourth-order valence-electron chi connectivity index (χ4n) is 2.43. The van der Waals surface area contributed by atoms with Gasteiger partial charge in [0.2, 0.25) is 0 Å². The zero-order valence-electron chi connectivity index (χ0n) is 11.9. The Kier molecular flexibility index (Phi) is 5.38. The van der Waals surface area contributed by atoms with Gasteiger partial charge in [0.1, 0.15) is 6.61 Å². The molecule has 0 saturated carbocycles. The van der Waals surface area contributed by atoms with Crippen LogP contribution in [-0.2, 0) is 11.3 Å². The van der Waals surface area contributed by atoms with Crippen molar-refractivity contribution >= 4 is 6.09 Å². The molecule has 0 aromatic heterocycles. The highest BCUT2D eigenvalue weighted by Crippen LogP contribution is 2.11. The van der Waals surface area contributed by atoms with Crippen LogP contribution in [-0.4, -0.2) is 59.8 Å². The molecule has 1 N–H and O–H groups in total. The average Bonchev–Trinajstić information content (AvgIpc) is 2.48. The number of amides is 1. The van der Waals surface area contributed by atoms with Crippen molar-refractivity contribution in [1.82, 2.24) is 9.80 Å². The molecule has 1 atom stereocenters. The Morgan fingerprint density at radius 3 is 2.75 bits per heavy atom. The number of carbonyl (C=O) groups excluding carboxylic acids is 1. The summed E-state index contributed by atoms with van der Waals surface area (Å²) in [5.41, 5.74) is 0.993. The molecule has 1 aliphatic heterocycles. The van der Waals surface area contributed by atoms with E-state index in [4.69, 9.17) is 9.84 Å². The molecule has 1 aromatic rings. The summed E-state index contributed by atoms with van der Waals surface area (Å²) >= 11 is 0. The van der Waals surface area contributed by atoms with Gasteiger partial charge in [0, 0.05) is 32.2 Å². The number of β-amino-alcohol motifs (C(OH)–C–C–N with tert-alkyl or cyclic N) is 1. The van der Waals surface area contributed by atoms with Crippen LogP contribution < -0.4 is 0 Å². The summed E-state index contributed by atoms with van der Waals surface area (Å²) in [6.07, 6.45) is -0.260. The molecule has 110 valence electrons. The van der Waals surface area contributed by atoms with E-state index in [-0.39, 0.29) is 18.7 Å². The average molecular weight is 278 g/mol. The van der Waals surface area contributed by atoms with Gasteiger partial charge >= 0.3 is 6.09 Å². The molecule has 0 spiro atoms. The van der Waals surface area contributed by atoms with Crippen LogP contribution in [0.5, 0.6) is 0 Å². The van der Waals surface area contributed by atoms with Crippen molar-refractivity contribution in [2.45, 2.75) is 19.6 Å². The number of aliphatic hydroxyl groups excluding tert-OH is 1. The SMILES string of the molecule is CC1CN(C(=O)OCc2ccccc2)CCN1CCO. The first-order valence-corrected chi connectivity index (χ1v) is 7.01. The van der Waals surface area contributed by atoms with Gasteiger partial charge in [0.25, 0.3) is 0 Å². The lowest BCUT2D eigenvalue weighted by Crippen LogP contribution is -2.54. The predicted molar refractivity (Wildman–Crippen MR) is 76.3 cm³/mol. The second-order valence-electron chi connectivity index (χ2n) is 5.09. The van der Waals surface area contributed by atoms with Crippen molar-refractivity contribution in [1.29, 1.82) is 0 Å². The molecule has 2 rings (SSSR count). The van der Waals surface area contributed by atoms with Gasteiger partial charge in [0.05, 0.1) is 6.61 Å². The van der Waals surface area contributed by atoms with E-state index in [0.29, 0.717) is 26.2 Å². The molecule has 0 bridgehead atoms. The smallest absolute Gasteiger partial charge is 0.410 e. The predicted octanol–water partition coefficient (Wildman–Crippen LogP) is 1.32. The van der Waals surface area contributed by atoms with E-state index in [1.54, 1.807) is 4.90 Å². The van der Waals surface area contributed by atoms with Crippen LogP contribution in [0.15, 0.2) is 30.3 Å². The fourth-order valence-corrected chi connectivity index (χ4v) is 2.43. The molecular formula is C15H22N2O3. The Bertz CT molecular complexity index is 424. The topological polar surface area (TPSA) is 53.0 Å². The highest BCUT2D eigenvalue weighted by Gasteiger charge is 2.26. The first kappa shape index (κ1) is 14.8. The first-order valence-electron chi connectivity index (χ1n) is 7.01. The highest BCUT2D eigenvalue weighted by molar-refractivity contribution is 5.67. The minimum atomic E-state index is -0.260. The van der Waals surface area contributed by atoms with Gasteiger partial charge in [-0.3, -0.25) is 4.90 Å². The van der Waals surface area contributed by atoms with Gasteiger partial charge in [-0.2, -0.15) is 0 Å². The highest BCUT2D eigenvalue weighted by atomic mass is 16.6. The zero-order chi connectivity index (χ0) is 14.4. The second kappa shape index (κ2) is 7.26. The summed E-state index contributed by atoms with van der Waals surface area (Å²) in [5, 5.41) is 8.97. The number of aliphatic hydroxyl groups is 1. The van der Waals surface area contributed by atoms with Crippen molar-refractivity contribution in [2.75, 3.05) is 32.8 Å². The summed E-state index contributed by atoms with van der Waals surface area (Å²) in [6, 6.07) is 9.93. The van der Waals surface area contributed by atoms with E-state index in [1.165, 1.54) is 0 Å². The van der Waals surface area contributed by atoms with Crippen molar-refractivity contribution < 1.29 is 14.6 Å². The molecule has 1 aliphatic rings. The van der Waals surface area contributed by atoms with Gasteiger partial charge in [-0.25, -0.2) is 4.79 Å². The molecular weight excluding hydrogens is 256 g/mol. The minimum Gasteiger partial charge on any atom is -0.445 e. The van der Waals surface area contributed by atoms with Crippen LogP contribution >= 0.6 is 0 Å². The van der Waals surface area contributed by atoms with E-state index in [0.717, 1.165) is 12.1 Å². The third-order valence-corrected chi connectivity index (χ3v) is 3.62. The first-order chi connectivity index (χ1) is 9.70. The maximum atomic E-state index is 12.0. The monoisotopic (exact) mass is 278 g/mol. The normalized spacial score (nSPS) is 19.9. The largest absolute Gasteiger partial charge is 0.445 e. The van der Waals surface area contributed by atoms with E-state index < -0.39 is 0 Å². The maximum Gasteiger partial charge on any atom is 0.410 e. The van der Waals surface area contributed by atoms with Gasteiger partial charge < -0.3 is 14.7 Å². The number of piperazine rings is 1. The number of hydrogen-bond donors (Lipinski definition) is 1. The Labute approximate surface area is 119 Å². The molecule has 1 heterocycles. The number of carbonyl (C=O) groups is 1. The summed E-state index contributed by atoms with van der Waals surface area (Å²) in [4.78, 5) is 15.9. The lowest BCUT2D eigenvalue weighted by Gasteiger charge is -2.38. The molecule has 1 fully saturated rings. The third-order valence-electron chi connectivity index (χ3n) is 3.62. The van der Waals surface area contributed by atoms with Crippen molar-refractivity contribution in [3.8, 4) is 0 Å². The van der Waals surface area contributed by atoms with Crippen LogP contribution in [0.2, 0.25) is 0 Å². The van der Waals surface area contributed by atoms with Crippen LogP contribution in [0.1, 0.15) is 12.5 Å². The van der Waals surface area contributed by atoms with E-state index in [2.05, 4.69) is 11.8 Å². The molecule has 20 heavy (non-hydrogen) atoms. The van der Waals surface area contributed by atoms with Crippen LogP contribution in [0.25, 0.3) is 0 Å². The molecule has 0 aliphatic carbocycles. The molecule has 5 nitrogen and oxygen atoms in total. The summed E-state index contributed by atoms with van der Waals surface area (Å²) in [7, 11) is 0. The summed E-state index contributed by atoms with van der Waals surface area (Å²) in [6.45, 7) is 5.27. The number of rotatable bonds is 4. The van der Waals surface area contributed by atoms with Crippen LogP contribution in [0.4, 0.5) is 4.79 Å². The lowest BCUT2D eigenvalue weighted by molar-refractivity contribution is 0.0454. The van der Waals surface area contributed by atoms with E-state index in [1.807, 2.05) is 30.3 Å². The Balaban J connectivity index is 1.79. The summed E-state index contributed by atoms with van der Waals surface area (Å²) < 4.78 is 5.33. The fraction of sp³-hybridized carbons (Fsp3) is 0.533. The van der Waals surface area contributed by atoms with Gasteiger partial charge in [0.15, 0.2) is 0 Å². The standard InChI is InChI=1S/C15H22N2O3/c1-13-11-17(8-7-16(13)9-10-18)15(19)20-12-14-5-3-2-4-6-14/h2-6,13,18H,7-12H2,1H3. The lowest BCUT2D eigenvalue weighted by atomic mass is 10.2. The quantitative estimate of drug-likeness (QED) is 0.902. The Hall–Kier alpha value is -1.59. The zero-order valence-corrected chi connectivity index (χ0v) is 11.9. The second-order valence-corrected chi connectivity index (χ2v) is 5.09. The molecule has 1 aromatic carbocycles. The van der Waals surface area contributed by atoms with E-state index >= 15 is 0 Å². The van der Waals surface area contributed by atoms with Crippen molar-refractivity contribution in [3.63, 3.8) is 0 Å². The van der Waals surface area contributed by atoms with Gasteiger partial charge in [-0.1, -0.05) is 30.3 Å². The Morgan fingerprint density at radius 2 is 2.10 bits per heavy atom. The number of ether oxygens (including phenoxy) is 1. The molecule has 1 saturated heterocycles. The van der Waals surface area contributed by atoms with Crippen LogP contribution in [0.3, 0.4) is 0 Å². The van der Waals surface area contributed by atoms with Crippen LogP contribution in [0, 0.1) is 0 Å². The van der Waals surface area contributed by atoms with Crippen molar-refractivity contribution in [2.24, 2.45) is 0 Å². The third kappa shape index (κ3) is 3.95. The number of nitrogens with zero attached hydrogens (tertiary/aromatic N) is 2. The Morgan fingerprint density at radius 1 is 1.35 bits per heavy atom. The molecule has 0 radical (unpaired) electrons. The van der Waals surface area contributed by atoms with Crippen molar-refractivity contribution in [3.05, 3.63) is 35.9 Å². The number of hydrogen-bond acceptors (Lipinski definition) is 4.